The van der Waals surface area contributed by atoms with Gasteiger partial charge in [-0.2, -0.15) is 0 Å². The zero-order valence-electron chi connectivity index (χ0n) is 8.85. The van der Waals surface area contributed by atoms with E-state index in [1.165, 1.54) is 5.06 Å². The summed E-state index contributed by atoms with van der Waals surface area (Å²) in [7, 11) is 0. The summed E-state index contributed by atoms with van der Waals surface area (Å²) in [5.74, 6) is 0. The van der Waals surface area contributed by atoms with Crippen molar-refractivity contribution < 1.29 is 5.21 Å². The molecule has 0 amide bonds. The van der Waals surface area contributed by atoms with Crippen molar-refractivity contribution in [1.29, 1.82) is 0 Å². The molecule has 1 aliphatic heterocycles. The first-order chi connectivity index (χ1) is 5.25. The highest BCUT2D eigenvalue weighted by atomic mass is 16.5. The molecule has 1 rings (SSSR count). The van der Waals surface area contributed by atoms with Crippen LogP contribution in [0.4, 0.5) is 0 Å². The molecule has 0 saturated carbocycles. The smallest absolute Gasteiger partial charge is 0.0441 e. The molecule has 1 atom stereocenters. The van der Waals surface area contributed by atoms with Crippen molar-refractivity contribution in [3.8, 4) is 0 Å². The van der Waals surface area contributed by atoms with E-state index in [9.17, 15) is 5.21 Å². The Morgan fingerprint density at radius 3 is 2.00 bits per heavy atom. The van der Waals surface area contributed by atoms with Crippen LogP contribution in [0.5, 0.6) is 0 Å². The molecular formula is C10H20NO. The van der Waals surface area contributed by atoms with Crippen LogP contribution in [-0.2, 0) is 5.21 Å². The van der Waals surface area contributed by atoms with E-state index in [-0.39, 0.29) is 17.0 Å². The summed E-state index contributed by atoms with van der Waals surface area (Å²) in [6, 6.07) is 0.201. The summed E-state index contributed by atoms with van der Waals surface area (Å²) in [4.78, 5) is 0. The predicted molar refractivity (Wildman–Crippen MR) is 49.1 cm³/mol. The summed E-state index contributed by atoms with van der Waals surface area (Å²) in [6.07, 6.45) is 2.07. The van der Waals surface area contributed by atoms with Gasteiger partial charge in [0.2, 0.25) is 0 Å². The Hall–Kier alpha value is -0.0800. The van der Waals surface area contributed by atoms with Crippen LogP contribution < -0.4 is 0 Å². The molecule has 1 aliphatic rings. The van der Waals surface area contributed by atoms with Gasteiger partial charge in [0.1, 0.15) is 0 Å². The molecule has 0 aromatic carbocycles. The van der Waals surface area contributed by atoms with Crippen LogP contribution in [0.3, 0.4) is 0 Å². The highest BCUT2D eigenvalue weighted by molar-refractivity contribution is 4.94. The molecule has 1 radical (unpaired) electrons. The fourth-order valence-corrected chi connectivity index (χ4v) is 1.92. The van der Waals surface area contributed by atoms with Gasteiger partial charge in [-0.05, 0) is 32.1 Å². The van der Waals surface area contributed by atoms with Gasteiger partial charge in [0.05, 0.1) is 0 Å². The lowest BCUT2D eigenvalue weighted by molar-refractivity contribution is -0.236. The lowest BCUT2D eigenvalue weighted by Gasteiger charge is -2.34. The van der Waals surface area contributed by atoms with Crippen LogP contribution in [0.15, 0.2) is 0 Å². The molecule has 1 saturated heterocycles. The molecule has 1 unspecified atom stereocenters. The Morgan fingerprint density at radius 2 is 1.83 bits per heavy atom. The zero-order valence-corrected chi connectivity index (χ0v) is 8.85. The third kappa shape index (κ3) is 1.64. The van der Waals surface area contributed by atoms with Gasteiger partial charge < -0.3 is 0 Å². The normalized spacial score (nSPS) is 31.0. The monoisotopic (exact) mass is 170 g/mol. The van der Waals surface area contributed by atoms with E-state index in [1.807, 2.05) is 13.8 Å². The fraction of sp³-hybridized carbons (Fsp3) is 1.00. The molecule has 0 aromatic rings. The standard InChI is InChI=1S/C10H20NO/c1-9(2,3)8-6-7-10(4,5)11(8)12/h8H,6-7H2,1-5H3. The van der Waals surface area contributed by atoms with Crippen LogP contribution in [0.2, 0.25) is 0 Å². The van der Waals surface area contributed by atoms with E-state index < -0.39 is 0 Å². The van der Waals surface area contributed by atoms with Gasteiger partial charge in [0.15, 0.2) is 0 Å². The maximum Gasteiger partial charge on any atom is 0.0441 e. The molecule has 12 heavy (non-hydrogen) atoms. The molecule has 2 nitrogen and oxygen atoms in total. The largest absolute Gasteiger partial charge is 0.146 e. The van der Waals surface area contributed by atoms with Gasteiger partial charge >= 0.3 is 0 Å². The quantitative estimate of drug-likeness (QED) is 0.548. The molecule has 0 bridgehead atoms. The maximum absolute atomic E-state index is 11.8. The lowest BCUT2D eigenvalue weighted by Crippen LogP contribution is -2.44. The Kier molecular flexibility index (Phi) is 2.26. The minimum Gasteiger partial charge on any atom is -0.146 e. The topological polar surface area (TPSA) is 23.1 Å². The molecule has 71 valence electrons. The van der Waals surface area contributed by atoms with Crippen molar-refractivity contribution in [3.05, 3.63) is 0 Å². The second-order valence-corrected chi connectivity index (χ2v) is 5.56. The molecule has 1 fully saturated rings. The minimum absolute atomic E-state index is 0.121. The summed E-state index contributed by atoms with van der Waals surface area (Å²) in [5, 5.41) is 13.1. The number of hydrogen-bond acceptors (Lipinski definition) is 1. The Labute approximate surface area is 75.5 Å². The second kappa shape index (κ2) is 2.71. The summed E-state index contributed by atoms with van der Waals surface area (Å²) >= 11 is 0. The maximum atomic E-state index is 11.8. The van der Waals surface area contributed by atoms with Crippen molar-refractivity contribution >= 4 is 0 Å². The second-order valence-electron chi connectivity index (χ2n) is 5.56. The Bertz CT molecular complexity index is 169. The van der Waals surface area contributed by atoms with E-state index in [0.717, 1.165) is 12.8 Å². The SMILES string of the molecule is CC(C)(C)C1CCC(C)(C)N1[O]. The molecule has 0 spiro atoms. The number of hydrogen-bond donors (Lipinski definition) is 0. The van der Waals surface area contributed by atoms with E-state index in [2.05, 4.69) is 20.8 Å². The zero-order chi connectivity index (χ0) is 9.57. The van der Waals surface area contributed by atoms with Gasteiger partial charge in [0, 0.05) is 11.6 Å². The van der Waals surface area contributed by atoms with Gasteiger partial charge in [-0.15, -0.1) is 10.3 Å². The average molecular weight is 170 g/mol. The van der Waals surface area contributed by atoms with Gasteiger partial charge in [-0.25, -0.2) is 0 Å². The first-order valence-electron chi connectivity index (χ1n) is 4.71. The van der Waals surface area contributed by atoms with Crippen LogP contribution in [-0.4, -0.2) is 16.6 Å². The molecule has 2 heteroatoms. The molecule has 0 aliphatic carbocycles. The van der Waals surface area contributed by atoms with Gasteiger partial charge in [-0.3, -0.25) is 0 Å². The third-order valence-corrected chi connectivity index (χ3v) is 2.91. The summed E-state index contributed by atoms with van der Waals surface area (Å²) < 4.78 is 0. The van der Waals surface area contributed by atoms with E-state index in [0.29, 0.717) is 0 Å². The van der Waals surface area contributed by atoms with Crippen LogP contribution in [0.1, 0.15) is 47.5 Å². The predicted octanol–water partition coefficient (Wildman–Crippen LogP) is 2.62. The van der Waals surface area contributed by atoms with Crippen LogP contribution in [0.25, 0.3) is 0 Å². The van der Waals surface area contributed by atoms with Crippen molar-refractivity contribution in [2.75, 3.05) is 0 Å². The third-order valence-electron chi connectivity index (χ3n) is 2.91. The highest BCUT2D eigenvalue weighted by Gasteiger charge is 2.44. The van der Waals surface area contributed by atoms with Gasteiger partial charge in [0.25, 0.3) is 0 Å². The highest BCUT2D eigenvalue weighted by Crippen LogP contribution is 2.39. The van der Waals surface area contributed by atoms with Crippen molar-refractivity contribution in [2.24, 2.45) is 5.41 Å². The molecular weight excluding hydrogens is 150 g/mol. The first kappa shape index (κ1) is 10.0. The van der Waals surface area contributed by atoms with Crippen molar-refractivity contribution in [1.82, 2.24) is 5.06 Å². The minimum atomic E-state index is -0.141. The number of rotatable bonds is 0. The summed E-state index contributed by atoms with van der Waals surface area (Å²) in [5.41, 5.74) is -0.0204. The van der Waals surface area contributed by atoms with E-state index >= 15 is 0 Å². The Morgan fingerprint density at radius 1 is 1.33 bits per heavy atom. The molecule has 0 N–H and O–H groups in total. The summed E-state index contributed by atoms with van der Waals surface area (Å²) in [6.45, 7) is 10.5. The first-order valence-corrected chi connectivity index (χ1v) is 4.71. The fourth-order valence-electron chi connectivity index (χ4n) is 1.92. The molecule has 0 aromatic heterocycles. The van der Waals surface area contributed by atoms with Crippen LogP contribution in [0, 0.1) is 5.41 Å². The number of nitrogens with zero attached hydrogens (tertiary/aromatic N) is 1. The van der Waals surface area contributed by atoms with Crippen LogP contribution >= 0.6 is 0 Å². The Balaban J connectivity index is 2.74. The van der Waals surface area contributed by atoms with Crippen molar-refractivity contribution in [3.63, 3.8) is 0 Å². The van der Waals surface area contributed by atoms with E-state index in [4.69, 9.17) is 0 Å². The average Bonchev–Trinajstić information content (AvgIpc) is 2.06. The van der Waals surface area contributed by atoms with E-state index in [1.54, 1.807) is 0 Å². The number of hydroxylamine groups is 2. The van der Waals surface area contributed by atoms with Gasteiger partial charge in [-0.1, -0.05) is 20.8 Å². The molecule has 1 heterocycles. The van der Waals surface area contributed by atoms with Crippen molar-refractivity contribution in [2.45, 2.75) is 59.0 Å². The lowest BCUT2D eigenvalue weighted by atomic mass is 9.86.